The number of Topliss-reactive ketones (excluding diaryl/α,β-unsaturated/α-hetero) is 1. The summed E-state index contributed by atoms with van der Waals surface area (Å²) < 4.78 is 10.8. The summed E-state index contributed by atoms with van der Waals surface area (Å²) in [7, 11) is 1.44. The molecule has 1 aromatic rings. The average Bonchev–Trinajstić information content (AvgIpc) is 2.52. The fourth-order valence-corrected chi connectivity index (χ4v) is 2.71. The Bertz CT molecular complexity index is 594. The minimum Gasteiger partial charge on any atom is -0.492 e. The van der Waals surface area contributed by atoms with Crippen molar-refractivity contribution in [1.29, 1.82) is 0 Å². The van der Waals surface area contributed by atoms with Crippen LogP contribution in [0.25, 0.3) is 0 Å². The summed E-state index contributed by atoms with van der Waals surface area (Å²) in [5.41, 5.74) is 0.883. The molecule has 0 aromatic heterocycles. The highest BCUT2D eigenvalue weighted by molar-refractivity contribution is 6.32. The van der Waals surface area contributed by atoms with E-state index in [1.807, 2.05) is 0 Å². The van der Waals surface area contributed by atoms with Crippen LogP contribution in [0.4, 0.5) is 4.79 Å². The quantitative estimate of drug-likeness (QED) is 0.792. The molecule has 0 aliphatic carbocycles. The lowest BCUT2D eigenvalue weighted by molar-refractivity contribution is 0.101. The van der Waals surface area contributed by atoms with Gasteiger partial charge >= 0.3 is 6.09 Å². The molecule has 1 aromatic carbocycles. The molecule has 1 fully saturated rings. The summed E-state index contributed by atoms with van der Waals surface area (Å²) in [5, 5.41) is 0.368. The van der Waals surface area contributed by atoms with Crippen molar-refractivity contribution >= 4 is 23.5 Å². The molecule has 0 radical (unpaired) electrons. The number of ether oxygens (including phenoxy) is 2. The van der Waals surface area contributed by atoms with Crippen molar-refractivity contribution in [3.8, 4) is 11.5 Å². The molecule has 0 bridgehead atoms. The van der Waals surface area contributed by atoms with Crippen molar-refractivity contribution in [3.63, 3.8) is 0 Å². The van der Waals surface area contributed by atoms with E-state index in [-0.39, 0.29) is 17.3 Å². The van der Waals surface area contributed by atoms with Gasteiger partial charge in [0.2, 0.25) is 0 Å². The predicted octanol–water partition coefficient (Wildman–Crippen LogP) is 3.84. The second-order valence-electron chi connectivity index (χ2n) is 5.37. The molecule has 1 amide bonds. The third-order valence-corrected chi connectivity index (χ3v) is 4.20. The summed E-state index contributed by atoms with van der Waals surface area (Å²) in [6, 6.07) is 1.54. The largest absolute Gasteiger partial charge is 0.492 e. The van der Waals surface area contributed by atoms with Crippen molar-refractivity contribution in [2.45, 2.75) is 33.1 Å². The average molecular weight is 326 g/mol. The molecular formula is C16H20ClNO4. The van der Waals surface area contributed by atoms with E-state index in [0.717, 1.165) is 19.3 Å². The first-order valence-corrected chi connectivity index (χ1v) is 7.68. The lowest BCUT2D eigenvalue weighted by Gasteiger charge is -2.26. The Hall–Kier alpha value is -1.75. The van der Waals surface area contributed by atoms with Gasteiger partial charge in [-0.05, 0) is 39.2 Å². The fraction of sp³-hybridized carbons (Fsp3) is 0.500. The number of likely N-dealkylation sites (tertiary alicyclic amines) is 1. The Kier molecular flexibility index (Phi) is 5.29. The predicted molar refractivity (Wildman–Crippen MR) is 84.2 cm³/mol. The number of ketones is 1. The van der Waals surface area contributed by atoms with Gasteiger partial charge in [-0.1, -0.05) is 11.6 Å². The fourth-order valence-electron chi connectivity index (χ4n) is 2.52. The van der Waals surface area contributed by atoms with E-state index in [4.69, 9.17) is 21.1 Å². The van der Waals surface area contributed by atoms with Crippen LogP contribution in [0.15, 0.2) is 6.07 Å². The van der Waals surface area contributed by atoms with Gasteiger partial charge in [-0.15, -0.1) is 0 Å². The number of hydrogen-bond acceptors (Lipinski definition) is 4. The summed E-state index contributed by atoms with van der Waals surface area (Å²) in [4.78, 5) is 25.7. The normalized spacial score (nSPS) is 14.6. The van der Waals surface area contributed by atoms with Crippen molar-refractivity contribution in [1.82, 2.24) is 4.90 Å². The molecule has 0 saturated carbocycles. The second-order valence-corrected chi connectivity index (χ2v) is 5.77. The van der Waals surface area contributed by atoms with Gasteiger partial charge in [0.05, 0.1) is 12.7 Å². The summed E-state index contributed by atoms with van der Waals surface area (Å²) in [6.07, 6.45) is 2.63. The van der Waals surface area contributed by atoms with Gasteiger partial charge < -0.3 is 14.4 Å². The van der Waals surface area contributed by atoms with Gasteiger partial charge in [0.25, 0.3) is 0 Å². The van der Waals surface area contributed by atoms with Crippen LogP contribution in [0.1, 0.15) is 42.1 Å². The van der Waals surface area contributed by atoms with Crippen molar-refractivity contribution in [3.05, 3.63) is 22.2 Å². The Morgan fingerprint density at radius 2 is 1.82 bits per heavy atom. The molecule has 0 atom stereocenters. The summed E-state index contributed by atoms with van der Waals surface area (Å²) >= 11 is 6.15. The van der Waals surface area contributed by atoms with E-state index in [1.54, 1.807) is 11.8 Å². The Labute approximate surface area is 135 Å². The zero-order chi connectivity index (χ0) is 16.3. The van der Waals surface area contributed by atoms with E-state index in [9.17, 15) is 9.59 Å². The maximum absolute atomic E-state index is 12.3. The van der Waals surface area contributed by atoms with E-state index in [1.165, 1.54) is 20.1 Å². The Balaban J connectivity index is 2.36. The number of carbonyl (C=O) groups is 2. The molecule has 0 unspecified atom stereocenters. The summed E-state index contributed by atoms with van der Waals surface area (Å²) in [5.74, 6) is 0.268. The third kappa shape index (κ3) is 3.35. The molecule has 1 aliphatic heterocycles. The molecule has 1 heterocycles. The number of rotatable bonds is 3. The number of piperidine rings is 1. The lowest BCUT2D eigenvalue weighted by atomic mass is 10.1. The van der Waals surface area contributed by atoms with E-state index >= 15 is 0 Å². The highest BCUT2D eigenvalue weighted by Gasteiger charge is 2.25. The topological polar surface area (TPSA) is 55.8 Å². The number of halogens is 1. The van der Waals surface area contributed by atoms with Crippen LogP contribution >= 0.6 is 11.6 Å². The Morgan fingerprint density at radius 1 is 1.18 bits per heavy atom. The van der Waals surface area contributed by atoms with Crippen LogP contribution in [0.3, 0.4) is 0 Å². The van der Waals surface area contributed by atoms with Crippen molar-refractivity contribution < 1.29 is 19.1 Å². The zero-order valence-corrected chi connectivity index (χ0v) is 13.8. The van der Waals surface area contributed by atoms with Gasteiger partial charge in [0, 0.05) is 23.7 Å². The smallest absolute Gasteiger partial charge is 0.415 e. The SMILES string of the molecule is COc1c(C(C)=O)cc(Cl)c(C)c1OC(=O)N1CCCCC1. The van der Waals surface area contributed by atoms with Gasteiger partial charge in [0.1, 0.15) is 0 Å². The molecule has 120 valence electrons. The highest BCUT2D eigenvalue weighted by Crippen LogP contribution is 2.39. The van der Waals surface area contributed by atoms with Crippen molar-refractivity contribution in [2.75, 3.05) is 20.2 Å². The highest BCUT2D eigenvalue weighted by atomic mass is 35.5. The molecule has 0 spiro atoms. The number of carbonyl (C=O) groups excluding carboxylic acids is 2. The molecule has 5 nitrogen and oxygen atoms in total. The standard InChI is InChI=1S/C16H20ClNO4/c1-10-13(17)9-12(11(2)19)15(21-3)14(10)22-16(20)18-7-5-4-6-8-18/h9H,4-8H2,1-3H3. The van der Waals surface area contributed by atoms with Gasteiger partial charge in [0.15, 0.2) is 17.3 Å². The number of amides is 1. The number of nitrogens with zero attached hydrogens (tertiary/aromatic N) is 1. The van der Waals surface area contributed by atoms with Gasteiger partial charge in [-0.25, -0.2) is 4.79 Å². The van der Waals surface area contributed by atoms with Crippen molar-refractivity contribution in [2.24, 2.45) is 0 Å². The van der Waals surface area contributed by atoms with Crippen LogP contribution in [0.2, 0.25) is 5.02 Å². The minimum atomic E-state index is -0.433. The maximum atomic E-state index is 12.3. The molecule has 1 saturated heterocycles. The molecule has 2 rings (SSSR count). The first-order valence-electron chi connectivity index (χ1n) is 7.30. The molecule has 22 heavy (non-hydrogen) atoms. The number of benzene rings is 1. The molecule has 0 N–H and O–H groups in total. The third-order valence-electron chi connectivity index (χ3n) is 3.81. The number of hydrogen-bond donors (Lipinski definition) is 0. The molecule has 1 aliphatic rings. The van der Waals surface area contributed by atoms with E-state index in [2.05, 4.69) is 0 Å². The van der Waals surface area contributed by atoms with Crippen LogP contribution in [0, 0.1) is 6.92 Å². The summed E-state index contributed by atoms with van der Waals surface area (Å²) in [6.45, 7) is 4.51. The van der Waals surface area contributed by atoms with Crippen LogP contribution in [-0.4, -0.2) is 37.0 Å². The molecule has 6 heteroatoms. The maximum Gasteiger partial charge on any atom is 0.415 e. The van der Waals surface area contributed by atoms with E-state index in [0.29, 0.717) is 29.2 Å². The minimum absolute atomic E-state index is 0.200. The Morgan fingerprint density at radius 3 is 2.36 bits per heavy atom. The second kappa shape index (κ2) is 7.01. The van der Waals surface area contributed by atoms with E-state index < -0.39 is 6.09 Å². The van der Waals surface area contributed by atoms with Gasteiger partial charge in [-0.3, -0.25) is 4.79 Å². The lowest BCUT2D eigenvalue weighted by Crippen LogP contribution is -2.37. The molecular weight excluding hydrogens is 306 g/mol. The first-order chi connectivity index (χ1) is 10.5. The number of methoxy groups -OCH3 is 1. The van der Waals surface area contributed by atoms with Crippen LogP contribution < -0.4 is 9.47 Å². The zero-order valence-electron chi connectivity index (χ0n) is 13.1. The van der Waals surface area contributed by atoms with Gasteiger partial charge in [-0.2, -0.15) is 0 Å². The van der Waals surface area contributed by atoms with Crippen LogP contribution in [0.5, 0.6) is 11.5 Å². The van der Waals surface area contributed by atoms with Crippen LogP contribution in [-0.2, 0) is 0 Å². The monoisotopic (exact) mass is 325 g/mol. The first kappa shape index (κ1) is 16.6.